The van der Waals surface area contributed by atoms with E-state index in [1.165, 1.54) is 24.5 Å². The number of carbonyl (C=O) groups is 1. The van der Waals surface area contributed by atoms with E-state index in [1.807, 2.05) is 12.1 Å². The summed E-state index contributed by atoms with van der Waals surface area (Å²) in [5.74, 6) is -0.487. The molecule has 0 aliphatic rings. The lowest BCUT2D eigenvalue weighted by molar-refractivity contribution is -0.148. The smallest absolute Gasteiger partial charge is 0.331 e. The molecule has 3 rings (SSSR count). The van der Waals surface area contributed by atoms with Crippen molar-refractivity contribution in [3.8, 4) is 11.1 Å². The second-order valence-electron chi connectivity index (χ2n) is 7.41. The Balaban J connectivity index is 1.78. The largest absolute Gasteiger partial charge is 0.457 e. The van der Waals surface area contributed by atoms with Crippen molar-refractivity contribution >= 4 is 22.1 Å². The lowest BCUT2D eigenvalue weighted by Crippen LogP contribution is -2.22. The Morgan fingerprint density at radius 1 is 1.07 bits per heavy atom. The SMILES string of the molecule is CC(C)(C)OC(=O)/C=C/c1ccn(S(=O)(=O)c2ccc(-c3cccnc3)cc2)c1. The summed E-state index contributed by atoms with van der Waals surface area (Å²) in [6.45, 7) is 5.34. The Labute approximate surface area is 170 Å². The first-order valence-electron chi connectivity index (χ1n) is 9.00. The van der Waals surface area contributed by atoms with E-state index in [4.69, 9.17) is 4.74 Å². The molecule has 150 valence electrons. The molecular weight excluding hydrogens is 388 g/mol. The molecule has 2 heterocycles. The molecule has 0 N–H and O–H groups in total. The standard InChI is InChI=1S/C22H22N2O4S/c1-22(2,3)28-21(25)11-6-17-12-14-24(16-17)29(26,27)20-9-7-18(8-10-20)19-5-4-13-23-15-19/h4-16H,1-3H3/b11-6+. The zero-order valence-electron chi connectivity index (χ0n) is 16.4. The number of rotatable bonds is 5. The maximum absolute atomic E-state index is 12.9. The summed E-state index contributed by atoms with van der Waals surface area (Å²) in [7, 11) is -3.73. The van der Waals surface area contributed by atoms with Crippen LogP contribution in [0.3, 0.4) is 0 Å². The minimum atomic E-state index is -3.73. The Morgan fingerprint density at radius 2 is 1.79 bits per heavy atom. The van der Waals surface area contributed by atoms with Gasteiger partial charge in [0.1, 0.15) is 5.60 Å². The molecule has 0 radical (unpaired) electrons. The topological polar surface area (TPSA) is 78.3 Å². The molecule has 7 heteroatoms. The van der Waals surface area contributed by atoms with Crippen molar-refractivity contribution in [3.63, 3.8) is 0 Å². The van der Waals surface area contributed by atoms with Gasteiger partial charge in [-0.3, -0.25) is 4.98 Å². The van der Waals surface area contributed by atoms with Crippen LogP contribution >= 0.6 is 0 Å². The van der Waals surface area contributed by atoms with Gasteiger partial charge in [-0.1, -0.05) is 18.2 Å². The number of hydrogen-bond acceptors (Lipinski definition) is 5. The van der Waals surface area contributed by atoms with Crippen LogP contribution in [0.1, 0.15) is 26.3 Å². The van der Waals surface area contributed by atoms with Crippen molar-refractivity contribution in [1.82, 2.24) is 8.96 Å². The van der Waals surface area contributed by atoms with Gasteiger partial charge < -0.3 is 4.74 Å². The molecule has 3 aromatic rings. The van der Waals surface area contributed by atoms with Gasteiger partial charge in [0, 0.05) is 30.9 Å². The number of aromatic nitrogens is 2. The highest BCUT2D eigenvalue weighted by molar-refractivity contribution is 7.90. The van der Waals surface area contributed by atoms with Crippen molar-refractivity contribution in [1.29, 1.82) is 0 Å². The number of nitrogens with zero attached hydrogens (tertiary/aromatic N) is 2. The van der Waals surface area contributed by atoms with Gasteiger partial charge in [0.25, 0.3) is 10.0 Å². The van der Waals surface area contributed by atoms with Crippen molar-refractivity contribution in [2.45, 2.75) is 31.3 Å². The van der Waals surface area contributed by atoms with Gasteiger partial charge >= 0.3 is 5.97 Å². The Kier molecular flexibility index (Phi) is 5.70. The van der Waals surface area contributed by atoms with Gasteiger partial charge in [-0.25, -0.2) is 17.2 Å². The summed E-state index contributed by atoms with van der Waals surface area (Å²) in [6, 6.07) is 12.0. The molecule has 0 fully saturated rings. The van der Waals surface area contributed by atoms with Crippen molar-refractivity contribution < 1.29 is 17.9 Å². The molecule has 0 saturated carbocycles. The fourth-order valence-electron chi connectivity index (χ4n) is 2.62. The fraction of sp³-hybridized carbons (Fsp3) is 0.182. The summed E-state index contributed by atoms with van der Waals surface area (Å²) in [4.78, 5) is 16.0. The van der Waals surface area contributed by atoms with E-state index in [0.29, 0.717) is 5.56 Å². The maximum atomic E-state index is 12.9. The zero-order chi connectivity index (χ0) is 21.1. The highest BCUT2D eigenvalue weighted by Crippen LogP contribution is 2.22. The molecule has 0 spiro atoms. The summed E-state index contributed by atoms with van der Waals surface area (Å²) in [5, 5.41) is 0. The molecule has 0 saturated heterocycles. The molecule has 0 aliphatic heterocycles. The number of hydrogen-bond donors (Lipinski definition) is 0. The number of ether oxygens (including phenoxy) is 1. The molecule has 0 unspecified atom stereocenters. The van der Waals surface area contributed by atoms with Crippen LogP contribution in [0.5, 0.6) is 0 Å². The van der Waals surface area contributed by atoms with Gasteiger partial charge in [-0.2, -0.15) is 0 Å². The van der Waals surface area contributed by atoms with Crippen LogP contribution in [0.4, 0.5) is 0 Å². The molecular formula is C22H22N2O4S. The molecule has 29 heavy (non-hydrogen) atoms. The van der Waals surface area contributed by atoms with E-state index in [9.17, 15) is 13.2 Å². The van der Waals surface area contributed by atoms with Crippen LogP contribution in [-0.4, -0.2) is 28.9 Å². The third kappa shape index (κ3) is 5.20. The quantitative estimate of drug-likeness (QED) is 0.467. The number of benzene rings is 1. The van der Waals surface area contributed by atoms with Crippen LogP contribution in [0.25, 0.3) is 17.2 Å². The normalized spacial score (nSPS) is 12.2. The van der Waals surface area contributed by atoms with Gasteiger partial charge in [0.15, 0.2) is 0 Å². The monoisotopic (exact) mass is 410 g/mol. The Hall–Kier alpha value is -3.19. The molecule has 2 aromatic heterocycles. The summed E-state index contributed by atoms with van der Waals surface area (Å²) >= 11 is 0. The first-order chi connectivity index (χ1) is 13.6. The minimum Gasteiger partial charge on any atom is -0.457 e. The van der Waals surface area contributed by atoms with E-state index in [1.54, 1.807) is 63.5 Å². The summed E-state index contributed by atoms with van der Waals surface area (Å²) in [6.07, 6.45) is 9.10. The van der Waals surface area contributed by atoms with Crippen LogP contribution < -0.4 is 0 Å². The third-order valence-corrected chi connectivity index (χ3v) is 5.58. The highest BCUT2D eigenvalue weighted by Gasteiger charge is 2.17. The van der Waals surface area contributed by atoms with Gasteiger partial charge in [-0.15, -0.1) is 0 Å². The van der Waals surface area contributed by atoms with E-state index in [2.05, 4.69) is 4.98 Å². The molecule has 1 aromatic carbocycles. The lowest BCUT2D eigenvalue weighted by Gasteiger charge is -2.17. The van der Waals surface area contributed by atoms with Crippen molar-refractivity contribution in [2.24, 2.45) is 0 Å². The lowest BCUT2D eigenvalue weighted by atomic mass is 10.1. The third-order valence-electron chi connectivity index (χ3n) is 3.93. The number of pyridine rings is 1. The van der Waals surface area contributed by atoms with E-state index < -0.39 is 21.6 Å². The van der Waals surface area contributed by atoms with Crippen LogP contribution in [-0.2, 0) is 19.6 Å². The van der Waals surface area contributed by atoms with Gasteiger partial charge in [0.05, 0.1) is 4.90 Å². The highest BCUT2D eigenvalue weighted by atomic mass is 32.2. The summed E-state index contributed by atoms with van der Waals surface area (Å²) in [5.41, 5.74) is 1.78. The van der Waals surface area contributed by atoms with Crippen LogP contribution in [0, 0.1) is 0 Å². The van der Waals surface area contributed by atoms with Gasteiger partial charge in [-0.05, 0) is 67.8 Å². The van der Waals surface area contributed by atoms with Crippen LogP contribution in [0.15, 0.2) is 78.2 Å². The van der Waals surface area contributed by atoms with E-state index in [-0.39, 0.29) is 4.90 Å². The van der Waals surface area contributed by atoms with E-state index in [0.717, 1.165) is 15.1 Å². The molecule has 6 nitrogen and oxygen atoms in total. The second-order valence-corrected chi connectivity index (χ2v) is 9.26. The van der Waals surface area contributed by atoms with E-state index >= 15 is 0 Å². The zero-order valence-corrected chi connectivity index (χ0v) is 17.3. The van der Waals surface area contributed by atoms with Crippen molar-refractivity contribution in [2.75, 3.05) is 0 Å². The van der Waals surface area contributed by atoms with Crippen molar-refractivity contribution in [3.05, 3.63) is 78.9 Å². The predicted molar refractivity (Wildman–Crippen MR) is 112 cm³/mol. The Bertz CT molecular complexity index is 1120. The minimum absolute atomic E-state index is 0.170. The van der Waals surface area contributed by atoms with Crippen LogP contribution in [0.2, 0.25) is 0 Å². The average molecular weight is 410 g/mol. The molecule has 0 aliphatic carbocycles. The molecule has 0 atom stereocenters. The molecule has 0 bridgehead atoms. The average Bonchev–Trinajstić information content (AvgIpc) is 3.16. The predicted octanol–water partition coefficient (Wildman–Crippen LogP) is 4.14. The first-order valence-corrected chi connectivity index (χ1v) is 10.4. The maximum Gasteiger partial charge on any atom is 0.331 e. The summed E-state index contributed by atoms with van der Waals surface area (Å²) < 4.78 is 32.0. The Morgan fingerprint density at radius 3 is 2.41 bits per heavy atom. The molecule has 0 amide bonds. The van der Waals surface area contributed by atoms with Gasteiger partial charge in [0.2, 0.25) is 0 Å². The second kappa shape index (κ2) is 8.05. The first kappa shape index (κ1) is 20.5. The number of carbonyl (C=O) groups excluding carboxylic acids is 1. The number of esters is 1. The fourth-order valence-corrected chi connectivity index (χ4v) is 3.82.